The molecule has 0 radical (unpaired) electrons. The second-order valence-electron chi connectivity index (χ2n) is 5.28. The van der Waals surface area contributed by atoms with E-state index in [4.69, 9.17) is 0 Å². The molecule has 0 atom stereocenters. The Kier molecular flexibility index (Phi) is 13.6. The van der Waals surface area contributed by atoms with Crippen molar-refractivity contribution in [3.8, 4) is 0 Å². The SMILES string of the molecule is CC=C(CCCCCC)CCCCCCCC. The Morgan fingerprint density at radius 2 is 1.06 bits per heavy atom. The quantitative estimate of drug-likeness (QED) is 0.263. The van der Waals surface area contributed by atoms with E-state index in [0.29, 0.717) is 0 Å². The van der Waals surface area contributed by atoms with E-state index in [2.05, 4.69) is 26.8 Å². The minimum Gasteiger partial charge on any atom is -0.0885 e. The summed E-state index contributed by atoms with van der Waals surface area (Å²) in [4.78, 5) is 0. The molecule has 0 aliphatic rings. The first-order valence-electron chi connectivity index (χ1n) is 7.99. The number of hydrogen-bond acceptors (Lipinski definition) is 0. The molecule has 17 heavy (non-hydrogen) atoms. The van der Waals surface area contributed by atoms with Gasteiger partial charge in [0.2, 0.25) is 0 Å². The fraction of sp³-hybridized carbons (Fsp3) is 0.882. The molecule has 0 aromatic rings. The molecule has 0 aliphatic carbocycles. The van der Waals surface area contributed by atoms with Crippen molar-refractivity contribution < 1.29 is 0 Å². The molecule has 0 heterocycles. The smallest absolute Gasteiger partial charge is 0.0320 e. The Morgan fingerprint density at radius 1 is 0.647 bits per heavy atom. The second kappa shape index (κ2) is 13.8. The van der Waals surface area contributed by atoms with Crippen molar-refractivity contribution in [3.63, 3.8) is 0 Å². The van der Waals surface area contributed by atoms with Crippen molar-refractivity contribution in [2.45, 2.75) is 97.8 Å². The molecular weight excluding hydrogens is 204 g/mol. The van der Waals surface area contributed by atoms with Crippen LogP contribution in [0.2, 0.25) is 0 Å². The molecule has 0 heteroatoms. The summed E-state index contributed by atoms with van der Waals surface area (Å²) in [6.45, 7) is 6.79. The predicted octanol–water partition coefficient (Wildman–Crippen LogP) is 6.65. The summed E-state index contributed by atoms with van der Waals surface area (Å²) in [5.41, 5.74) is 1.71. The van der Waals surface area contributed by atoms with Crippen LogP contribution in [0.4, 0.5) is 0 Å². The Bertz CT molecular complexity index is 167. The molecule has 0 unspecified atom stereocenters. The molecule has 0 aliphatic heterocycles. The highest BCUT2D eigenvalue weighted by molar-refractivity contribution is 4.99. The van der Waals surface area contributed by atoms with Gasteiger partial charge in [0.25, 0.3) is 0 Å². The third-order valence-corrected chi connectivity index (χ3v) is 3.61. The summed E-state index contributed by atoms with van der Waals surface area (Å²) in [6, 6.07) is 0. The van der Waals surface area contributed by atoms with Crippen LogP contribution < -0.4 is 0 Å². The monoisotopic (exact) mass is 238 g/mol. The lowest BCUT2D eigenvalue weighted by molar-refractivity contribution is 0.593. The molecule has 0 bridgehead atoms. The lowest BCUT2D eigenvalue weighted by atomic mass is 10.00. The number of rotatable bonds is 12. The zero-order chi connectivity index (χ0) is 12.8. The summed E-state index contributed by atoms with van der Waals surface area (Å²) in [5, 5.41) is 0. The maximum absolute atomic E-state index is 2.36. The number of unbranched alkanes of at least 4 members (excludes halogenated alkanes) is 8. The summed E-state index contributed by atoms with van der Waals surface area (Å²) in [5.74, 6) is 0. The molecule has 0 saturated heterocycles. The van der Waals surface area contributed by atoms with Crippen LogP contribution in [-0.2, 0) is 0 Å². The van der Waals surface area contributed by atoms with Gasteiger partial charge in [-0.1, -0.05) is 76.9 Å². The third-order valence-electron chi connectivity index (χ3n) is 3.61. The van der Waals surface area contributed by atoms with Gasteiger partial charge in [0.05, 0.1) is 0 Å². The van der Waals surface area contributed by atoms with E-state index in [9.17, 15) is 0 Å². The largest absolute Gasteiger partial charge is 0.0885 e. The van der Waals surface area contributed by atoms with E-state index in [1.807, 2.05) is 0 Å². The molecule has 102 valence electrons. The topological polar surface area (TPSA) is 0 Å². The van der Waals surface area contributed by atoms with Crippen molar-refractivity contribution >= 4 is 0 Å². The lowest BCUT2D eigenvalue weighted by Crippen LogP contribution is -1.87. The summed E-state index contributed by atoms with van der Waals surface area (Å²) in [7, 11) is 0. The van der Waals surface area contributed by atoms with Crippen LogP contribution in [0.5, 0.6) is 0 Å². The maximum Gasteiger partial charge on any atom is -0.0320 e. The van der Waals surface area contributed by atoms with E-state index >= 15 is 0 Å². The number of hydrogen-bond donors (Lipinski definition) is 0. The van der Waals surface area contributed by atoms with Crippen LogP contribution in [0.25, 0.3) is 0 Å². The van der Waals surface area contributed by atoms with Crippen molar-refractivity contribution in [3.05, 3.63) is 11.6 Å². The fourth-order valence-corrected chi connectivity index (χ4v) is 2.32. The van der Waals surface area contributed by atoms with Gasteiger partial charge in [-0.05, 0) is 32.6 Å². The van der Waals surface area contributed by atoms with E-state index in [-0.39, 0.29) is 0 Å². The third kappa shape index (κ3) is 12.0. The van der Waals surface area contributed by atoms with Gasteiger partial charge in [-0.3, -0.25) is 0 Å². The Balaban J connectivity index is 3.36. The molecule has 0 aromatic heterocycles. The fourth-order valence-electron chi connectivity index (χ4n) is 2.32. The zero-order valence-corrected chi connectivity index (χ0v) is 12.6. The molecule has 0 nitrogen and oxygen atoms in total. The van der Waals surface area contributed by atoms with Crippen molar-refractivity contribution in [1.82, 2.24) is 0 Å². The van der Waals surface area contributed by atoms with Gasteiger partial charge in [0, 0.05) is 0 Å². The van der Waals surface area contributed by atoms with Crippen molar-refractivity contribution in [1.29, 1.82) is 0 Å². The molecule has 0 saturated carbocycles. The number of allylic oxidation sites excluding steroid dienone is 2. The molecule has 0 aromatic carbocycles. The summed E-state index contributed by atoms with van der Waals surface area (Å²) >= 11 is 0. The minimum absolute atomic E-state index is 1.35. The van der Waals surface area contributed by atoms with Crippen molar-refractivity contribution in [2.24, 2.45) is 0 Å². The first kappa shape index (κ1) is 16.7. The lowest BCUT2D eigenvalue weighted by Gasteiger charge is -2.07. The van der Waals surface area contributed by atoms with Crippen LogP contribution in [0.1, 0.15) is 97.8 Å². The van der Waals surface area contributed by atoms with Gasteiger partial charge in [0.15, 0.2) is 0 Å². The summed E-state index contributed by atoms with van der Waals surface area (Å²) < 4.78 is 0. The normalized spacial score (nSPS) is 12.1. The first-order valence-corrected chi connectivity index (χ1v) is 7.99. The van der Waals surface area contributed by atoms with E-state index in [1.54, 1.807) is 5.57 Å². The highest BCUT2D eigenvalue weighted by atomic mass is 14.0. The zero-order valence-electron chi connectivity index (χ0n) is 12.6. The van der Waals surface area contributed by atoms with Crippen LogP contribution in [0, 0.1) is 0 Å². The van der Waals surface area contributed by atoms with Gasteiger partial charge in [-0.15, -0.1) is 0 Å². The Morgan fingerprint density at radius 3 is 1.53 bits per heavy atom. The minimum atomic E-state index is 1.35. The molecule has 0 spiro atoms. The van der Waals surface area contributed by atoms with Crippen LogP contribution in [-0.4, -0.2) is 0 Å². The highest BCUT2D eigenvalue weighted by Crippen LogP contribution is 2.17. The predicted molar refractivity (Wildman–Crippen MR) is 80.5 cm³/mol. The van der Waals surface area contributed by atoms with E-state index in [0.717, 1.165) is 0 Å². The molecule has 0 rings (SSSR count). The second-order valence-corrected chi connectivity index (χ2v) is 5.28. The van der Waals surface area contributed by atoms with Gasteiger partial charge in [-0.25, -0.2) is 0 Å². The van der Waals surface area contributed by atoms with Gasteiger partial charge in [-0.2, -0.15) is 0 Å². The Labute approximate surface area is 110 Å². The first-order chi connectivity index (χ1) is 8.35. The molecule has 0 N–H and O–H groups in total. The molecule has 0 amide bonds. The Hall–Kier alpha value is -0.260. The standard InChI is InChI=1S/C17H34/c1-4-7-9-11-12-14-16-17(6-3)15-13-10-8-5-2/h6H,4-5,7-16H2,1-3H3. The van der Waals surface area contributed by atoms with Crippen molar-refractivity contribution in [2.75, 3.05) is 0 Å². The molecule has 0 fully saturated rings. The highest BCUT2D eigenvalue weighted by Gasteiger charge is 1.97. The van der Waals surface area contributed by atoms with E-state index in [1.165, 1.54) is 77.0 Å². The van der Waals surface area contributed by atoms with Gasteiger partial charge in [0.1, 0.15) is 0 Å². The van der Waals surface area contributed by atoms with Gasteiger partial charge < -0.3 is 0 Å². The van der Waals surface area contributed by atoms with Gasteiger partial charge >= 0.3 is 0 Å². The van der Waals surface area contributed by atoms with Crippen LogP contribution in [0.15, 0.2) is 11.6 Å². The van der Waals surface area contributed by atoms with E-state index < -0.39 is 0 Å². The molecular formula is C17H34. The average molecular weight is 238 g/mol. The maximum atomic E-state index is 2.36. The average Bonchev–Trinajstić information content (AvgIpc) is 2.36. The van der Waals surface area contributed by atoms with Crippen LogP contribution >= 0.6 is 0 Å². The summed E-state index contributed by atoms with van der Waals surface area (Å²) in [6.07, 6.45) is 19.2. The van der Waals surface area contributed by atoms with Crippen LogP contribution in [0.3, 0.4) is 0 Å².